The molecule has 0 unspecified atom stereocenters. The maximum atomic E-state index is 12.2. The normalized spacial score (nSPS) is 12.9. The highest BCUT2D eigenvalue weighted by atomic mass is 32.1. The summed E-state index contributed by atoms with van der Waals surface area (Å²) < 4.78 is 4.77. The van der Waals surface area contributed by atoms with E-state index in [2.05, 4.69) is 5.32 Å². The molecule has 112 valence electrons. The molecule has 0 saturated heterocycles. The number of anilines is 1. The lowest BCUT2D eigenvalue weighted by molar-refractivity contribution is -0.119. The van der Waals surface area contributed by atoms with E-state index in [1.165, 1.54) is 18.4 Å². The first-order valence-corrected chi connectivity index (χ1v) is 7.16. The van der Waals surface area contributed by atoms with Crippen LogP contribution in [0.5, 0.6) is 0 Å². The summed E-state index contributed by atoms with van der Waals surface area (Å²) in [5.41, 5.74) is 6.80. The lowest BCUT2D eigenvalue weighted by Crippen LogP contribution is -2.45. The van der Waals surface area contributed by atoms with Gasteiger partial charge in [0.05, 0.1) is 18.7 Å². The minimum Gasteiger partial charge on any atom is -0.465 e. The van der Waals surface area contributed by atoms with E-state index in [9.17, 15) is 9.59 Å². The number of rotatable bonds is 3. The van der Waals surface area contributed by atoms with Crippen LogP contribution >= 0.6 is 11.3 Å². The number of carbonyl (C=O) groups excluding carboxylic acids is 2. The molecule has 0 radical (unpaired) electrons. The van der Waals surface area contributed by atoms with Gasteiger partial charge in [-0.15, -0.1) is 11.3 Å². The van der Waals surface area contributed by atoms with Crippen molar-refractivity contribution in [2.24, 2.45) is 11.1 Å². The second-order valence-electron chi connectivity index (χ2n) is 5.81. The number of amides is 1. The van der Waals surface area contributed by atoms with E-state index >= 15 is 0 Å². The Morgan fingerprint density at radius 1 is 1.30 bits per heavy atom. The van der Waals surface area contributed by atoms with Crippen molar-refractivity contribution in [1.82, 2.24) is 0 Å². The van der Waals surface area contributed by atoms with Gasteiger partial charge in [0.1, 0.15) is 5.00 Å². The van der Waals surface area contributed by atoms with E-state index < -0.39 is 12.0 Å². The van der Waals surface area contributed by atoms with E-state index in [4.69, 9.17) is 10.5 Å². The monoisotopic (exact) mass is 298 g/mol. The van der Waals surface area contributed by atoms with Gasteiger partial charge < -0.3 is 15.8 Å². The predicted molar refractivity (Wildman–Crippen MR) is 81.2 cm³/mol. The van der Waals surface area contributed by atoms with Crippen molar-refractivity contribution in [2.75, 3.05) is 12.4 Å². The molecule has 0 spiro atoms. The Labute approximate surface area is 123 Å². The van der Waals surface area contributed by atoms with Crippen molar-refractivity contribution in [3.05, 3.63) is 16.0 Å². The largest absolute Gasteiger partial charge is 0.465 e. The van der Waals surface area contributed by atoms with Crippen molar-refractivity contribution in [3.63, 3.8) is 0 Å². The molecule has 6 heteroatoms. The second kappa shape index (κ2) is 5.93. The quantitative estimate of drug-likeness (QED) is 0.840. The summed E-state index contributed by atoms with van der Waals surface area (Å²) in [6.07, 6.45) is 0. The van der Waals surface area contributed by atoms with Crippen molar-refractivity contribution in [3.8, 4) is 0 Å². The Hall–Kier alpha value is -1.40. The topological polar surface area (TPSA) is 81.4 Å². The maximum Gasteiger partial charge on any atom is 0.341 e. The summed E-state index contributed by atoms with van der Waals surface area (Å²) in [7, 11) is 1.32. The van der Waals surface area contributed by atoms with Gasteiger partial charge in [0.2, 0.25) is 5.91 Å². The van der Waals surface area contributed by atoms with Crippen LogP contribution in [0.2, 0.25) is 0 Å². The van der Waals surface area contributed by atoms with E-state index in [0.29, 0.717) is 10.6 Å². The molecule has 0 aliphatic heterocycles. The van der Waals surface area contributed by atoms with Crippen LogP contribution in [0.4, 0.5) is 5.00 Å². The number of hydrogen-bond acceptors (Lipinski definition) is 5. The molecule has 1 heterocycles. The Morgan fingerprint density at radius 3 is 2.30 bits per heavy atom. The predicted octanol–water partition coefficient (Wildman–Crippen LogP) is 2.46. The van der Waals surface area contributed by atoms with Gasteiger partial charge in [0.15, 0.2) is 0 Å². The molecule has 3 N–H and O–H groups in total. The fourth-order valence-electron chi connectivity index (χ4n) is 1.65. The van der Waals surface area contributed by atoms with Crippen molar-refractivity contribution in [1.29, 1.82) is 0 Å². The molecule has 1 aromatic heterocycles. The lowest BCUT2D eigenvalue weighted by Gasteiger charge is -2.25. The van der Waals surface area contributed by atoms with Crippen molar-refractivity contribution in [2.45, 2.75) is 40.7 Å². The van der Waals surface area contributed by atoms with E-state index in [0.717, 1.165) is 10.4 Å². The smallest absolute Gasteiger partial charge is 0.341 e. The van der Waals surface area contributed by atoms with Gasteiger partial charge in [-0.25, -0.2) is 4.79 Å². The van der Waals surface area contributed by atoms with Gasteiger partial charge in [0, 0.05) is 4.88 Å². The molecule has 0 fully saturated rings. The zero-order valence-corrected chi connectivity index (χ0v) is 13.6. The van der Waals surface area contributed by atoms with Gasteiger partial charge >= 0.3 is 5.97 Å². The van der Waals surface area contributed by atoms with Crippen LogP contribution in [0.25, 0.3) is 0 Å². The SMILES string of the molecule is COC(=O)c1c(NC(=O)[C@@H](N)C(C)(C)C)sc(C)c1C. The molecule has 0 aliphatic rings. The van der Waals surface area contributed by atoms with Crippen LogP contribution in [0.15, 0.2) is 0 Å². The molecule has 0 bridgehead atoms. The molecule has 1 amide bonds. The van der Waals surface area contributed by atoms with Crippen LogP contribution < -0.4 is 11.1 Å². The van der Waals surface area contributed by atoms with Crippen LogP contribution in [0, 0.1) is 19.3 Å². The highest BCUT2D eigenvalue weighted by Crippen LogP contribution is 2.33. The minimum absolute atomic E-state index is 0.302. The standard InChI is InChI=1S/C14H22N2O3S/c1-7-8(2)20-12(9(7)13(18)19-6)16-11(17)10(15)14(3,4)5/h10H,15H2,1-6H3,(H,16,17)/t10-/m1/s1. The number of hydrogen-bond donors (Lipinski definition) is 2. The molecular formula is C14H22N2O3S. The van der Waals surface area contributed by atoms with Gasteiger partial charge in [-0.1, -0.05) is 20.8 Å². The Bertz CT molecular complexity index is 529. The average molecular weight is 298 g/mol. The van der Waals surface area contributed by atoms with Crippen LogP contribution in [-0.2, 0) is 9.53 Å². The number of nitrogens with one attached hydrogen (secondary N) is 1. The van der Waals surface area contributed by atoms with Crippen molar-refractivity contribution < 1.29 is 14.3 Å². The highest BCUT2D eigenvalue weighted by molar-refractivity contribution is 7.16. The number of methoxy groups -OCH3 is 1. The fraction of sp³-hybridized carbons (Fsp3) is 0.571. The second-order valence-corrected chi connectivity index (χ2v) is 7.04. The van der Waals surface area contributed by atoms with Gasteiger partial charge in [0.25, 0.3) is 0 Å². The molecule has 1 rings (SSSR count). The van der Waals surface area contributed by atoms with Crippen molar-refractivity contribution >= 4 is 28.2 Å². The molecule has 0 aromatic carbocycles. The molecule has 0 saturated carbocycles. The minimum atomic E-state index is -0.657. The molecule has 0 aliphatic carbocycles. The third-order valence-corrected chi connectivity index (χ3v) is 4.35. The summed E-state index contributed by atoms with van der Waals surface area (Å²) in [6, 6.07) is -0.657. The number of ether oxygens (including phenoxy) is 1. The van der Waals surface area contributed by atoms with Crippen LogP contribution in [0.3, 0.4) is 0 Å². The molecule has 1 aromatic rings. The molecular weight excluding hydrogens is 276 g/mol. The Balaban J connectivity index is 3.08. The number of nitrogens with two attached hydrogens (primary N) is 1. The number of aryl methyl sites for hydroxylation is 1. The molecule has 20 heavy (non-hydrogen) atoms. The van der Waals surface area contributed by atoms with Gasteiger partial charge in [-0.05, 0) is 24.8 Å². The molecule has 5 nitrogen and oxygen atoms in total. The third-order valence-electron chi connectivity index (χ3n) is 3.23. The average Bonchev–Trinajstić information content (AvgIpc) is 2.62. The highest BCUT2D eigenvalue weighted by Gasteiger charge is 2.29. The lowest BCUT2D eigenvalue weighted by atomic mass is 9.87. The Kier molecular flexibility index (Phi) is 4.94. The zero-order chi connectivity index (χ0) is 15.7. The van der Waals surface area contributed by atoms with Gasteiger partial charge in [-0.3, -0.25) is 4.79 Å². The third kappa shape index (κ3) is 3.37. The number of thiophene rings is 1. The number of carbonyl (C=O) groups is 2. The number of esters is 1. The van der Waals surface area contributed by atoms with Gasteiger partial charge in [-0.2, -0.15) is 0 Å². The summed E-state index contributed by atoms with van der Waals surface area (Å²) in [5, 5.41) is 3.24. The van der Waals surface area contributed by atoms with E-state index in [1.807, 2.05) is 34.6 Å². The first kappa shape index (κ1) is 16.7. The summed E-state index contributed by atoms with van der Waals surface area (Å²) in [4.78, 5) is 24.9. The molecule has 1 atom stereocenters. The van der Waals surface area contributed by atoms with E-state index in [1.54, 1.807) is 0 Å². The van der Waals surface area contributed by atoms with Crippen LogP contribution in [0.1, 0.15) is 41.6 Å². The van der Waals surface area contributed by atoms with Crippen LogP contribution in [-0.4, -0.2) is 25.0 Å². The fourth-order valence-corrected chi connectivity index (χ4v) is 2.70. The summed E-state index contributed by atoms with van der Waals surface area (Å²) >= 11 is 1.35. The summed E-state index contributed by atoms with van der Waals surface area (Å²) in [5.74, 6) is -0.754. The Morgan fingerprint density at radius 2 is 1.85 bits per heavy atom. The maximum absolute atomic E-state index is 12.2. The summed E-state index contributed by atoms with van der Waals surface area (Å²) in [6.45, 7) is 9.40. The van der Waals surface area contributed by atoms with E-state index in [-0.39, 0.29) is 11.3 Å². The first-order chi connectivity index (χ1) is 9.09. The first-order valence-electron chi connectivity index (χ1n) is 6.34. The zero-order valence-electron chi connectivity index (χ0n) is 12.8.